The number of nitrogens with two attached hydrogens (primary N) is 1. The van der Waals surface area contributed by atoms with Crippen LogP contribution >= 0.6 is 27.3 Å². The Bertz CT molecular complexity index is 284. The zero-order chi connectivity index (χ0) is 11.3. The van der Waals surface area contributed by atoms with Crippen LogP contribution in [-0.2, 0) is 6.54 Å². The van der Waals surface area contributed by atoms with Crippen LogP contribution in [-0.4, -0.2) is 25.0 Å². The largest absolute Gasteiger partial charge is 0.330 e. The van der Waals surface area contributed by atoms with E-state index in [-0.39, 0.29) is 0 Å². The van der Waals surface area contributed by atoms with Crippen molar-refractivity contribution in [1.82, 2.24) is 4.90 Å². The Morgan fingerprint density at radius 2 is 2.33 bits per heavy atom. The fourth-order valence-corrected chi connectivity index (χ4v) is 3.11. The minimum Gasteiger partial charge on any atom is -0.330 e. The van der Waals surface area contributed by atoms with E-state index in [9.17, 15) is 0 Å². The van der Waals surface area contributed by atoms with Gasteiger partial charge in [0.15, 0.2) is 0 Å². The molecule has 0 fully saturated rings. The molecule has 0 aliphatic heterocycles. The summed E-state index contributed by atoms with van der Waals surface area (Å²) in [5.41, 5.74) is 5.70. The highest BCUT2D eigenvalue weighted by Crippen LogP contribution is 2.21. The summed E-state index contributed by atoms with van der Waals surface area (Å²) < 4.78 is 1.18. The van der Waals surface area contributed by atoms with Crippen LogP contribution in [0.15, 0.2) is 15.9 Å². The van der Waals surface area contributed by atoms with Gasteiger partial charge in [-0.3, -0.25) is 0 Å². The van der Waals surface area contributed by atoms with Crippen molar-refractivity contribution in [2.45, 2.75) is 19.9 Å². The van der Waals surface area contributed by atoms with Gasteiger partial charge in [-0.05, 0) is 41.5 Å². The number of hydrogen-bond donors (Lipinski definition) is 1. The van der Waals surface area contributed by atoms with Crippen LogP contribution in [0, 0.1) is 5.92 Å². The van der Waals surface area contributed by atoms with E-state index in [2.05, 4.69) is 46.2 Å². The van der Waals surface area contributed by atoms with E-state index >= 15 is 0 Å². The van der Waals surface area contributed by atoms with Crippen molar-refractivity contribution < 1.29 is 0 Å². The van der Waals surface area contributed by atoms with Crippen molar-refractivity contribution in [3.8, 4) is 0 Å². The second-order valence-corrected chi connectivity index (χ2v) is 5.85. The van der Waals surface area contributed by atoms with Crippen LogP contribution in [0.5, 0.6) is 0 Å². The molecular formula is C11H19BrN2S. The van der Waals surface area contributed by atoms with Crippen molar-refractivity contribution in [3.05, 3.63) is 20.8 Å². The van der Waals surface area contributed by atoms with Gasteiger partial charge in [0.2, 0.25) is 0 Å². The second kappa shape index (κ2) is 6.63. The summed E-state index contributed by atoms with van der Waals surface area (Å²) in [6.45, 7) is 5.09. The van der Waals surface area contributed by atoms with Crippen LogP contribution < -0.4 is 5.73 Å². The third-order valence-corrected chi connectivity index (χ3v) is 4.21. The third kappa shape index (κ3) is 4.64. The minimum atomic E-state index is 0.624. The number of thiophene rings is 1. The van der Waals surface area contributed by atoms with E-state index in [4.69, 9.17) is 5.73 Å². The van der Waals surface area contributed by atoms with Gasteiger partial charge in [-0.1, -0.05) is 13.3 Å². The summed E-state index contributed by atoms with van der Waals surface area (Å²) in [6, 6.07) is 2.19. The molecule has 0 saturated heterocycles. The maximum atomic E-state index is 5.70. The normalized spacial score (nSPS) is 13.4. The van der Waals surface area contributed by atoms with E-state index in [1.165, 1.54) is 9.35 Å². The average molecular weight is 291 g/mol. The molecule has 0 radical (unpaired) electrons. The van der Waals surface area contributed by atoms with Gasteiger partial charge >= 0.3 is 0 Å². The molecule has 0 amide bonds. The molecule has 1 atom stereocenters. The summed E-state index contributed by atoms with van der Waals surface area (Å²) in [4.78, 5) is 3.75. The summed E-state index contributed by atoms with van der Waals surface area (Å²) in [6.07, 6.45) is 1.16. The van der Waals surface area contributed by atoms with Gasteiger partial charge in [0.25, 0.3) is 0 Å². The summed E-state index contributed by atoms with van der Waals surface area (Å²) in [5.74, 6) is 0.624. The molecule has 1 aromatic heterocycles. The predicted octanol–water partition coefficient (Wildman–Crippen LogP) is 2.93. The molecule has 0 aliphatic carbocycles. The van der Waals surface area contributed by atoms with E-state index < -0.39 is 0 Å². The molecule has 4 heteroatoms. The first kappa shape index (κ1) is 13.2. The van der Waals surface area contributed by atoms with Gasteiger partial charge in [0.1, 0.15) is 0 Å². The van der Waals surface area contributed by atoms with E-state index in [0.29, 0.717) is 5.92 Å². The molecule has 1 rings (SSSR count). The lowest BCUT2D eigenvalue weighted by Gasteiger charge is -2.21. The summed E-state index contributed by atoms with van der Waals surface area (Å²) in [5, 5.41) is 2.13. The maximum absolute atomic E-state index is 5.70. The van der Waals surface area contributed by atoms with Crippen molar-refractivity contribution in [3.63, 3.8) is 0 Å². The fourth-order valence-electron chi connectivity index (χ4n) is 1.58. The molecule has 2 N–H and O–H groups in total. The predicted molar refractivity (Wildman–Crippen MR) is 71.2 cm³/mol. The quantitative estimate of drug-likeness (QED) is 0.873. The lowest BCUT2D eigenvalue weighted by atomic mass is 10.1. The van der Waals surface area contributed by atoms with Crippen molar-refractivity contribution >= 4 is 27.3 Å². The molecule has 86 valence electrons. The molecule has 1 unspecified atom stereocenters. The smallest absolute Gasteiger partial charge is 0.0325 e. The van der Waals surface area contributed by atoms with Crippen LogP contribution in [0.3, 0.4) is 0 Å². The minimum absolute atomic E-state index is 0.624. The molecule has 0 saturated carbocycles. The highest BCUT2D eigenvalue weighted by molar-refractivity contribution is 9.10. The van der Waals surface area contributed by atoms with Crippen molar-refractivity contribution in [1.29, 1.82) is 0 Å². The van der Waals surface area contributed by atoms with Crippen LogP contribution in [0.2, 0.25) is 0 Å². The number of hydrogen-bond acceptors (Lipinski definition) is 3. The molecule has 1 aromatic rings. The molecule has 0 spiro atoms. The highest BCUT2D eigenvalue weighted by Gasteiger charge is 2.09. The van der Waals surface area contributed by atoms with Crippen molar-refractivity contribution in [2.24, 2.45) is 11.7 Å². The molecule has 0 bridgehead atoms. The van der Waals surface area contributed by atoms with Gasteiger partial charge < -0.3 is 10.6 Å². The monoisotopic (exact) mass is 290 g/mol. The van der Waals surface area contributed by atoms with Crippen LogP contribution in [0.25, 0.3) is 0 Å². The lowest BCUT2D eigenvalue weighted by molar-refractivity contribution is 0.270. The number of nitrogens with zero attached hydrogens (tertiary/aromatic N) is 1. The summed E-state index contributed by atoms with van der Waals surface area (Å²) >= 11 is 5.27. The zero-order valence-electron chi connectivity index (χ0n) is 9.37. The average Bonchev–Trinajstić information content (AvgIpc) is 2.60. The van der Waals surface area contributed by atoms with Gasteiger partial charge in [-0.15, -0.1) is 11.3 Å². The Balaban J connectivity index is 2.38. The Hall–Kier alpha value is 0.1000. The lowest BCUT2D eigenvalue weighted by Crippen LogP contribution is -2.29. The number of halogens is 1. The van der Waals surface area contributed by atoms with Crippen LogP contribution in [0.4, 0.5) is 0 Å². The highest BCUT2D eigenvalue weighted by atomic mass is 79.9. The van der Waals surface area contributed by atoms with E-state index in [1.54, 1.807) is 11.3 Å². The third-order valence-electron chi connectivity index (χ3n) is 2.53. The Morgan fingerprint density at radius 1 is 1.60 bits per heavy atom. The standard InChI is InChI=1S/C11H19BrN2S/c1-3-9(5-13)6-14(2)7-11-4-10(12)8-15-11/h4,8-9H,3,5-7,13H2,1-2H3. The summed E-state index contributed by atoms with van der Waals surface area (Å²) in [7, 11) is 2.16. The Kier molecular flexibility index (Phi) is 5.82. The molecule has 0 aliphatic rings. The van der Waals surface area contributed by atoms with Gasteiger partial charge in [-0.25, -0.2) is 0 Å². The van der Waals surface area contributed by atoms with Crippen molar-refractivity contribution in [2.75, 3.05) is 20.1 Å². The fraction of sp³-hybridized carbons (Fsp3) is 0.636. The molecule has 15 heavy (non-hydrogen) atoms. The first-order chi connectivity index (χ1) is 7.15. The second-order valence-electron chi connectivity index (χ2n) is 3.94. The molecule has 2 nitrogen and oxygen atoms in total. The Labute approximate surface area is 105 Å². The topological polar surface area (TPSA) is 29.3 Å². The van der Waals surface area contributed by atoms with E-state index in [1.807, 2.05) is 0 Å². The maximum Gasteiger partial charge on any atom is 0.0325 e. The first-order valence-corrected chi connectivity index (χ1v) is 6.94. The van der Waals surface area contributed by atoms with E-state index in [0.717, 1.165) is 26.1 Å². The molecule has 0 aromatic carbocycles. The molecule has 1 heterocycles. The van der Waals surface area contributed by atoms with Gasteiger partial charge in [-0.2, -0.15) is 0 Å². The zero-order valence-corrected chi connectivity index (χ0v) is 11.8. The van der Waals surface area contributed by atoms with Gasteiger partial charge in [0, 0.05) is 27.8 Å². The van der Waals surface area contributed by atoms with Crippen LogP contribution in [0.1, 0.15) is 18.2 Å². The SMILES string of the molecule is CCC(CN)CN(C)Cc1cc(Br)cs1. The molecular weight excluding hydrogens is 272 g/mol. The van der Waals surface area contributed by atoms with Gasteiger partial charge in [0.05, 0.1) is 0 Å². The first-order valence-electron chi connectivity index (χ1n) is 5.27. The number of rotatable bonds is 6. The Morgan fingerprint density at radius 3 is 2.80 bits per heavy atom.